The fourth-order valence-electron chi connectivity index (χ4n) is 1.67. The van der Waals surface area contributed by atoms with Crippen molar-refractivity contribution in [3.8, 4) is 0 Å². The van der Waals surface area contributed by atoms with Crippen LogP contribution in [0.2, 0.25) is 0 Å². The Hall–Kier alpha value is -1.88. The molecule has 1 aliphatic heterocycles. The lowest BCUT2D eigenvalue weighted by Crippen LogP contribution is -2.48. The smallest absolute Gasteiger partial charge is 0.251 e. The molecule has 5 heteroatoms. The van der Waals surface area contributed by atoms with Crippen LogP contribution in [0.15, 0.2) is 24.4 Å². The normalized spacial score (nSPS) is 16.0. The molecular formula is C11H11N3O2. The number of nitrogens with zero attached hydrogens (tertiary/aromatic N) is 1. The minimum Gasteiger partial charge on any atom is -0.377 e. The van der Waals surface area contributed by atoms with Gasteiger partial charge in [0.15, 0.2) is 0 Å². The SMILES string of the molecule is O=C(NC1COC1)c1ccc2[nH]ncc2c1. The topological polar surface area (TPSA) is 67.0 Å². The molecule has 1 aromatic heterocycles. The zero-order valence-corrected chi connectivity index (χ0v) is 8.56. The lowest BCUT2D eigenvalue weighted by atomic mass is 10.1. The van der Waals surface area contributed by atoms with E-state index >= 15 is 0 Å². The number of aromatic nitrogens is 2. The number of ether oxygens (including phenoxy) is 1. The molecule has 0 aliphatic carbocycles. The number of fused-ring (bicyclic) bond motifs is 1. The van der Waals surface area contributed by atoms with E-state index in [2.05, 4.69) is 15.5 Å². The van der Waals surface area contributed by atoms with Crippen LogP contribution in [0, 0.1) is 0 Å². The second-order valence-electron chi connectivity index (χ2n) is 3.88. The minimum atomic E-state index is -0.0589. The monoisotopic (exact) mass is 217 g/mol. The Balaban J connectivity index is 1.83. The molecule has 0 radical (unpaired) electrons. The highest BCUT2D eigenvalue weighted by atomic mass is 16.5. The zero-order valence-electron chi connectivity index (χ0n) is 8.56. The van der Waals surface area contributed by atoms with Gasteiger partial charge in [-0.3, -0.25) is 9.89 Å². The van der Waals surface area contributed by atoms with Crippen molar-refractivity contribution < 1.29 is 9.53 Å². The maximum absolute atomic E-state index is 11.8. The summed E-state index contributed by atoms with van der Waals surface area (Å²) in [6.45, 7) is 1.22. The number of carbonyl (C=O) groups is 1. The number of benzene rings is 1. The number of nitrogens with one attached hydrogen (secondary N) is 2. The van der Waals surface area contributed by atoms with Gasteiger partial charge in [-0.25, -0.2) is 0 Å². The van der Waals surface area contributed by atoms with E-state index in [-0.39, 0.29) is 11.9 Å². The summed E-state index contributed by atoms with van der Waals surface area (Å²) in [6, 6.07) is 5.63. The van der Waals surface area contributed by atoms with Crippen molar-refractivity contribution in [2.45, 2.75) is 6.04 Å². The van der Waals surface area contributed by atoms with Crippen LogP contribution in [0.4, 0.5) is 0 Å². The molecule has 0 saturated carbocycles. The van der Waals surface area contributed by atoms with Crippen LogP contribution in [0.5, 0.6) is 0 Å². The van der Waals surface area contributed by atoms with E-state index in [0.29, 0.717) is 18.8 Å². The van der Waals surface area contributed by atoms with Crippen molar-refractivity contribution in [1.82, 2.24) is 15.5 Å². The highest BCUT2D eigenvalue weighted by molar-refractivity contribution is 5.98. The van der Waals surface area contributed by atoms with E-state index in [1.54, 1.807) is 12.3 Å². The first-order valence-electron chi connectivity index (χ1n) is 5.15. The second kappa shape index (κ2) is 3.61. The van der Waals surface area contributed by atoms with Crippen LogP contribution >= 0.6 is 0 Å². The first kappa shape index (κ1) is 9.35. The van der Waals surface area contributed by atoms with Gasteiger partial charge >= 0.3 is 0 Å². The van der Waals surface area contributed by atoms with Gasteiger partial charge in [0, 0.05) is 10.9 Å². The van der Waals surface area contributed by atoms with Crippen molar-refractivity contribution in [1.29, 1.82) is 0 Å². The number of hydrogen-bond donors (Lipinski definition) is 2. The average Bonchev–Trinajstić information content (AvgIpc) is 2.69. The van der Waals surface area contributed by atoms with Gasteiger partial charge in [-0.2, -0.15) is 5.10 Å². The van der Waals surface area contributed by atoms with E-state index in [9.17, 15) is 4.79 Å². The van der Waals surface area contributed by atoms with Crippen LogP contribution in [-0.4, -0.2) is 35.4 Å². The van der Waals surface area contributed by atoms with E-state index < -0.39 is 0 Å². The predicted octanol–water partition coefficient (Wildman–Crippen LogP) is 0.691. The summed E-state index contributed by atoms with van der Waals surface area (Å²) >= 11 is 0. The van der Waals surface area contributed by atoms with Gasteiger partial charge in [-0.1, -0.05) is 0 Å². The molecular weight excluding hydrogens is 206 g/mol. The highest BCUT2D eigenvalue weighted by Gasteiger charge is 2.20. The fraction of sp³-hybridized carbons (Fsp3) is 0.273. The Labute approximate surface area is 91.8 Å². The molecule has 1 amide bonds. The molecule has 1 aliphatic rings. The summed E-state index contributed by atoms with van der Waals surface area (Å²) < 4.78 is 5.00. The summed E-state index contributed by atoms with van der Waals surface area (Å²) in [7, 11) is 0. The summed E-state index contributed by atoms with van der Waals surface area (Å²) in [5, 5.41) is 10.6. The summed E-state index contributed by atoms with van der Waals surface area (Å²) in [6.07, 6.45) is 1.71. The maximum atomic E-state index is 11.8. The van der Waals surface area contributed by atoms with Crippen LogP contribution in [0.1, 0.15) is 10.4 Å². The number of amides is 1. The minimum absolute atomic E-state index is 0.0589. The molecule has 1 aromatic carbocycles. The number of aromatic amines is 1. The standard InChI is InChI=1S/C11H11N3O2/c15-11(13-9-5-16-6-9)7-1-2-10-8(3-7)4-12-14-10/h1-4,9H,5-6H2,(H,12,14)(H,13,15). The van der Waals surface area contributed by atoms with Crippen LogP contribution < -0.4 is 5.32 Å². The summed E-state index contributed by atoms with van der Waals surface area (Å²) in [4.78, 5) is 11.8. The Morgan fingerprint density at radius 2 is 2.38 bits per heavy atom. The molecule has 1 fully saturated rings. The Morgan fingerprint density at radius 1 is 1.50 bits per heavy atom. The van der Waals surface area contributed by atoms with Crippen molar-refractivity contribution in [3.63, 3.8) is 0 Å². The third-order valence-corrected chi connectivity index (χ3v) is 2.68. The molecule has 5 nitrogen and oxygen atoms in total. The largest absolute Gasteiger partial charge is 0.377 e. The molecule has 2 N–H and O–H groups in total. The van der Waals surface area contributed by atoms with E-state index in [1.807, 2.05) is 12.1 Å². The zero-order chi connectivity index (χ0) is 11.0. The van der Waals surface area contributed by atoms with Gasteiger partial charge in [-0.15, -0.1) is 0 Å². The molecule has 16 heavy (non-hydrogen) atoms. The van der Waals surface area contributed by atoms with Gasteiger partial charge in [0.2, 0.25) is 0 Å². The lowest BCUT2D eigenvalue weighted by molar-refractivity contribution is -0.00346. The first-order chi connectivity index (χ1) is 7.83. The molecule has 0 unspecified atom stereocenters. The number of H-pyrrole nitrogens is 1. The molecule has 1 saturated heterocycles. The summed E-state index contributed by atoms with van der Waals surface area (Å²) in [5.41, 5.74) is 1.59. The van der Waals surface area contributed by atoms with Crippen LogP contribution in [0.3, 0.4) is 0 Å². The Bertz CT molecular complexity index is 531. The molecule has 2 aromatic rings. The third kappa shape index (κ3) is 1.55. The Morgan fingerprint density at radius 3 is 3.12 bits per heavy atom. The van der Waals surface area contributed by atoms with Crippen molar-refractivity contribution in [3.05, 3.63) is 30.0 Å². The Kier molecular flexibility index (Phi) is 2.11. The van der Waals surface area contributed by atoms with E-state index in [0.717, 1.165) is 10.9 Å². The van der Waals surface area contributed by atoms with E-state index in [4.69, 9.17) is 4.74 Å². The number of rotatable bonds is 2. The van der Waals surface area contributed by atoms with E-state index in [1.165, 1.54) is 0 Å². The fourth-order valence-corrected chi connectivity index (χ4v) is 1.67. The quantitative estimate of drug-likeness (QED) is 0.777. The van der Waals surface area contributed by atoms with Gasteiger partial charge in [0.1, 0.15) is 0 Å². The maximum Gasteiger partial charge on any atom is 0.251 e. The van der Waals surface area contributed by atoms with Gasteiger partial charge in [0.25, 0.3) is 5.91 Å². The van der Waals surface area contributed by atoms with Crippen molar-refractivity contribution in [2.24, 2.45) is 0 Å². The van der Waals surface area contributed by atoms with Gasteiger partial charge < -0.3 is 10.1 Å². The van der Waals surface area contributed by atoms with Gasteiger partial charge in [-0.05, 0) is 18.2 Å². The predicted molar refractivity (Wildman–Crippen MR) is 58.2 cm³/mol. The van der Waals surface area contributed by atoms with Crippen LogP contribution in [-0.2, 0) is 4.74 Å². The number of hydrogen-bond acceptors (Lipinski definition) is 3. The average molecular weight is 217 g/mol. The molecule has 0 atom stereocenters. The van der Waals surface area contributed by atoms with Crippen molar-refractivity contribution >= 4 is 16.8 Å². The van der Waals surface area contributed by atoms with Gasteiger partial charge in [0.05, 0.1) is 31.0 Å². The summed E-state index contributed by atoms with van der Waals surface area (Å²) in [5.74, 6) is -0.0589. The van der Waals surface area contributed by atoms with Crippen LogP contribution in [0.25, 0.3) is 10.9 Å². The molecule has 0 spiro atoms. The number of carbonyl (C=O) groups excluding carboxylic acids is 1. The second-order valence-corrected chi connectivity index (χ2v) is 3.88. The lowest BCUT2D eigenvalue weighted by Gasteiger charge is -2.26. The first-order valence-corrected chi connectivity index (χ1v) is 5.15. The molecule has 3 rings (SSSR count). The van der Waals surface area contributed by atoms with Crippen molar-refractivity contribution in [2.75, 3.05) is 13.2 Å². The highest BCUT2D eigenvalue weighted by Crippen LogP contribution is 2.13. The molecule has 82 valence electrons. The molecule has 2 heterocycles. The molecule has 0 bridgehead atoms. The third-order valence-electron chi connectivity index (χ3n) is 2.68.